The van der Waals surface area contributed by atoms with Crippen LogP contribution >= 0.6 is 0 Å². The van der Waals surface area contributed by atoms with Crippen molar-refractivity contribution in [3.05, 3.63) is 24.0 Å². The molecule has 1 N–H and O–H groups in total. The lowest BCUT2D eigenvalue weighted by atomic mass is 9.76. The number of anilines is 1. The summed E-state index contributed by atoms with van der Waals surface area (Å²) in [5, 5.41) is 10.7. The molecule has 0 spiro atoms. The molecule has 4 nitrogen and oxygen atoms in total. The molecular formula is C17H27N3O. The van der Waals surface area contributed by atoms with Gasteiger partial charge in [-0.25, -0.2) is 0 Å². The van der Waals surface area contributed by atoms with Crippen LogP contribution in [0.2, 0.25) is 0 Å². The second-order valence-electron chi connectivity index (χ2n) is 7.16. The number of likely N-dealkylation sites (N-methyl/N-ethyl adjacent to an activating group) is 1. The van der Waals surface area contributed by atoms with Crippen molar-refractivity contribution in [3.63, 3.8) is 0 Å². The van der Waals surface area contributed by atoms with Gasteiger partial charge < -0.3 is 14.9 Å². The lowest BCUT2D eigenvalue weighted by molar-refractivity contribution is -0.128. The highest BCUT2D eigenvalue weighted by atomic mass is 16.3. The van der Waals surface area contributed by atoms with Gasteiger partial charge in [0, 0.05) is 37.8 Å². The Kier molecular flexibility index (Phi) is 3.93. The van der Waals surface area contributed by atoms with Gasteiger partial charge >= 0.3 is 0 Å². The molecule has 0 bridgehead atoms. The van der Waals surface area contributed by atoms with Gasteiger partial charge in [-0.15, -0.1) is 0 Å². The normalized spacial score (nSPS) is 26.0. The minimum absolute atomic E-state index is 0.382. The molecule has 2 aliphatic rings. The Balaban J connectivity index is 1.68. The van der Waals surface area contributed by atoms with Gasteiger partial charge in [-0.1, -0.05) is 13.8 Å². The molecule has 0 saturated carbocycles. The Morgan fingerprint density at radius 3 is 2.67 bits per heavy atom. The van der Waals surface area contributed by atoms with Gasteiger partial charge in [-0.2, -0.15) is 0 Å². The quantitative estimate of drug-likeness (QED) is 0.925. The van der Waals surface area contributed by atoms with Gasteiger partial charge in [0.25, 0.3) is 0 Å². The van der Waals surface area contributed by atoms with E-state index in [1.807, 2.05) is 6.20 Å². The molecule has 1 aromatic heterocycles. The van der Waals surface area contributed by atoms with E-state index < -0.39 is 5.60 Å². The molecule has 0 amide bonds. The van der Waals surface area contributed by atoms with Gasteiger partial charge in [-0.3, -0.25) is 4.98 Å². The predicted molar refractivity (Wildman–Crippen MR) is 85.7 cm³/mol. The van der Waals surface area contributed by atoms with Crippen LogP contribution in [0.3, 0.4) is 0 Å². The molecule has 2 saturated heterocycles. The maximum atomic E-state index is 10.7. The first kappa shape index (κ1) is 14.8. The summed E-state index contributed by atoms with van der Waals surface area (Å²) in [5.74, 6) is 0.853. The fraction of sp³-hybridized carbons (Fsp3) is 0.706. The zero-order chi connectivity index (χ0) is 15.0. The van der Waals surface area contributed by atoms with Crippen LogP contribution in [0.25, 0.3) is 0 Å². The van der Waals surface area contributed by atoms with Gasteiger partial charge in [0.2, 0.25) is 0 Å². The number of likely N-dealkylation sites (tertiary alicyclic amines) is 1. The van der Waals surface area contributed by atoms with E-state index in [4.69, 9.17) is 0 Å². The minimum atomic E-state index is -0.473. The van der Waals surface area contributed by atoms with Crippen LogP contribution < -0.4 is 4.90 Å². The summed E-state index contributed by atoms with van der Waals surface area (Å²) in [6, 6.07) is 4.32. The van der Waals surface area contributed by atoms with E-state index in [-0.39, 0.29) is 0 Å². The van der Waals surface area contributed by atoms with Crippen LogP contribution in [0.4, 0.5) is 5.69 Å². The maximum absolute atomic E-state index is 10.7. The second-order valence-corrected chi connectivity index (χ2v) is 7.16. The van der Waals surface area contributed by atoms with Gasteiger partial charge in [0.05, 0.1) is 17.5 Å². The predicted octanol–water partition coefficient (Wildman–Crippen LogP) is 2.10. The number of aromatic nitrogens is 1. The Hall–Kier alpha value is -1.13. The lowest BCUT2D eigenvalue weighted by Gasteiger charge is -2.52. The monoisotopic (exact) mass is 289 g/mol. The molecule has 3 rings (SSSR count). The van der Waals surface area contributed by atoms with E-state index in [2.05, 4.69) is 47.8 Å². The van der Waals surface area contributed by atoms with Crippen LogP contribution in [-0.4, -0.2) is 53.8 Å². The van der Waals surface area contributed by atoms with Crippen LogP contribution in [-0.2, 0) is 0 Å². The lowest BCUT2D eigenvalue weighted by Crippen LogP contribution is -2.66. The Morgan fingerprint density at radius 1 is 1.33 bits per heavy atom. The first-order chi connectivity index (χ1) is 9.98. The summed E-state index contributed by atoms with van der Waals surface area (Å²) in [6.07, 6.45) is 4.29. The second kappa shape index (κ2) is 5.58. The van der Waals surface area contributed by atoms with Crippen LogP contribution in [0.5, 0.6) is 0 Å². The first-order valence-electron chi connectivity index (χ1n) is 8.10. The molecule has 0 radical (unpaired) electrons. The summed E-state index contributed by atoms with van der Waals surface area (Å²) < 4.78 is 0. The highest BCUT2D eigenvalue weighted by molar-refractivity contribution is 5.45. The number of rotatable bonds is 3. The van der Waals surface area contributed by atoms with Gasteiger partial charge in [0.15, 0.2) is 0 Å². The summed E-state index contributed by atoms with van der Waals surface area (Å²) in [4.78, 5) is 9.16. The van der Waals surface area contributed by atoms with E-state index in [0.29, 0.717) is 11.8 Å². The van der Waals surface area contributed by atoms with Crippen molar-refractivity contribution >= 4 is 5.69 Å². The molecule has 0 aliphatic carbocycles. The Morgan fingerprint density at radius 2 is 2.10 bits per heavy atom. The third kappa shape index (κ3) is 2.92. The number of piperidine rings is 1. The van der Waals surface area contributed by atoms with Gasteiger partial charge in [0.1, 0.15) is 0 Å². The standard InChI is InChI=1S/C17H27N3O/c1-13(2)16-7-6-15(9-18-16)20-8-4-5-14(10-20)17(21)11-19(3)12-17/h6-7,9,13-14,21H,4-5,8,10-12H2,1-3H3/t14-/m0/s1. The molecule has 116 valence electrons. The summed E-state index contributed by atoms with van der Waals surface area (Å²) in [7, 11) is 2.07. The van der Waals surface area contributed by atoms with E-state index in [1.165, 1.54) is 5.69 Å². The Labute approximate surface area is 127 Å². The summed E-state index contributed by atoms with van der Waals surface area (Å²) >= 11 is 0. The first-order valence-corrected chi connectivity index (χ1v) is 8.10. The molecule has 21 heavy (non-hydrogen) atoms. The van der Waals surface area contributed by atoms with Crippen LogP contribution in [0.15, 0.2) is 18.3 Å². The fourth-order valence-corrected chi connectivity index (χ4v) is 3.72. The smallest absolute Gasteiger partial charge is 0.0944 e. The SMILES string of the molecule is CC(C)c1ccc(N2CCC[C@H](C3(O)CN(C)C3)C2)cn1. The highest BCUT2D eigenvalue weighted by Crippen LogP contribution is 2.35. The molecular weight excluding hydrogens is 262 g/mol. The molecule has 1 aromatic rings. The third-order valence-electron chi connectivity index (χ3n) is 5.00. The number of hydrogen-bond donors (Lipinski definition) is 1. The third-order valence-corrected chi connectivity index (χ3v) is 5.00. The Bertz CT molecular complexity index is 479. The van der Waals surface area contributed by atoms with Gasteiger partial charge in [-0.05, 0) is 37.9 Å². The summed E-state index contributed by atoms with van der Waals surface area (Å²) in [5.41, 5.74) is 1.87. The number of nitrogens with zero attached hydrogens (tertiary/aromatic N) is 3. The molecule has 2 fully saturated rings. The fourth-order valence-electron chi connectivity index (χ4n) is 3.72. The molecule has 4 heteroatoms. The number of aliphatic hydroxyl groups is 1. The zero-order valence-corrected chi connectivity index (χ0v) is 13.4. The van der Waals surface area contributed by atoms with E-state index in [0.717, 1.165) is 44.7 Å². The highest BCUT2D eigenvalue weighted by Gasteiger charge is 2.46. The maximum Gasteiger partial charge on any atom is 0.0944 e. The molecule has 3 heterocycles. The topological polar surface area (TPSA) is 39.6 Å². The van der Waals surface area contributed by atoms with Crippen molar-refractivity contribution in [2.24, 2.45) is 5.92 Å². The van der Waals surface area contributed by atoms with E-state index >= 15 is 0 Å². The molecule has 0 aromatic carbocycles. The minimum Gasteiger partial charge on any atom is -0.387 e. The molecule has 1 atom stereocenters. The molecule has 0 unspecified atom stereocenters. The average Bonchev–Trinajstić information content (AvgIpc) is 2.46. The zero-order valence-electron chi connectivity index (χ0n) is 13.4. The number of hydrogen-bond acceptors (Lipinski definition) is 4. The van der Waals surface area contributed by atoms with Crippen LogP contribution in [0.1, 0.15) is 38.3 Å². The number of β-amino-alcohol motifs (C(OH)–C–C–N with tert-alkyl or cyclic N) is 1. The van der Waals surface area contributed by atoms with Crippen molar-refractivity contribution in [2.75, 3.05) is 38.1 Å². The van der Waals surface area contributed by atoms with Crippen molar-refractivity contribution in [1.82, 2.24) is 9.88 Å². The van der Waals surface area contributed by atoms with Crippen molar-refractivity contribution < 1.29 is 5.11 Å². The van der Waals surface area contributed by atoms with Crippen molar-refractivity contribution in [2.45, 2.75) is 38.2 Å². The van der Waals surface area contributed by atoms with Crippen molar-refractivity contribution in [1.29, 1.82) is 0 Å². The van der Waals surface area contributed by atoms with E-state index in [1.54, 1.807) is 0 Å². The molecule has 2 aliphatic heterocycles. The largest absolute Gasteiger partial charge is 0.387 e. The van der Waals surface area contributed by atoms with Crippen molar-refractivity contribution in [3.8, 4) is 0 Å². The van der Waals surface area contributed by atoms with E-state index in [9.17, 15) is 5.11 Å². The summed E-state index contributed by atoms with van der Waals surface area (Å²) in [6.45, 7) is 7.99. The van der Waals surface area contributed by atoms with Crippen LogP contribution in [0, 0.1) is 5.92 Å². The average molecular weight is 289 g/mol. The number of pyridine rings is 1.